The molecule has 1 atom stereocenters. The largest absolute Gasteiger partial charge is 0.491 e. The van der Waals surface area contributed by atoms with Gasteiger partial charge in [-0.15, -0.1) is 0 Å². The molecule has 0 bridgehead atoms. The van der Waals surface area contributed by atoms with Gasteiger partial charge in [-0.25, -0.2) is 4.68 Å². The number of aliphatic hydroxyl groups excluding tert-OH is 1. The van der Waals surface area contributed by atoms with Gasteiger partial charge in [-0.05, 0) is 30.7 Å². The Hall–Kier alpha value is -3.17. The van der Waals surface area contributed by atoms with E-state index in [1.165, 1.54) is 4.68 Å². The molecule has 1 aromatic heterocycles. The zero-order chi connectivity index (χ0) is 18.5. The van der Waals surface area contributed by atoms with E-state index in [0.717, 1.165) is 16.6 Å². The predicted octanol–water partition coefficient (Wildman–Crippen LogP) is 2.21. The number of hydrogen-bond acceptors (Lipinski definition) is 5. The van der Waals surface area contributed by atoms with Crippen molar-refractivity contribution in [1.82, 2.24) is 9.78 Å². The molecule has 0 aliphatic rings. The third kappa shape index (κ3) is 3.90. The van der Waals surface area contributed by atoms with Gasteiger partial charge in [0.05, 0.1) is 30.1 Å². The number of nitrogens with zero attached hydrogens (tertiary/aromatic N) is 3. The Balaban J connectivity index is 1.67. The fourth-order valence-electron chi connectivity index (χ4n) is 2.77. The Morgan fingerprint density at radius 1 is 1.19 bits per heavy atom. The lowest BCUT2D eigenvalue weighted by Crippen LogP contribution is -2.32. The van der Waals surface area contributed by atoms with Crippen molar-refractivity contribution in [3.63, 3.8) is 0 Å². The highest BCUT2D eigenvalue weighted by Gasteiger charge is 2.12. The molecular formula is C20H19N3O3. The van der Waals surface area contributed by atoms with E-state index < -0.39 is 6.10 Å². The van der Waals surface area contributed by atoms with E-state index in [2.05, 4.69) is 11.2 Å². The van der Waals surface area contributed by atoms with E-state index >= 15 is 0 Å². The van der Waals surface area contributed by atoms with Gasteiger partial charge in [-0.3, -0.25) is 4.79 Å². The van der Waals surface area contributed by atoms with Crippen LogP contribution in [0.25, 0.3) is 10.8 Å². The maximum absolute atomic E-state index is 12.5. The van der Waals surface area contributed by atoms with E-state index in [4.69, 9.17) is 10.00 Å². The number of fused-ring (bicyclic) bond motifs is 1. The van der Waals surface area contributed by atoms with Crippen LogP contribution in [0, 0.1) is 18.3 Å². The first-order valence-corrected chi connectivity index (χ1v) is 8.31. The first-order chi connectivity index (χ1) is 12.6. The van der Waals surface area contributed by atoms with Crippen LogP contribution in [0.3, 0.4) is 0 Å². The number of benzene rings is 2. The molecule has 3 rings (SSSR count). The molecule has 2 aromatic carbocycles. The summed E-state index contributed by atoms with van der Waals surface area (Å²) < 4.78 is 6.83. The number of rotatable bonds is 6. The average Bonchev–Trinajstić information content (AvgIpc) is 2.66. The molecule has 1 N–H and O–H groups in total. The van der Waals surface area contributed by atoms with Gasteiger partial charge in [0.25, 0.3) is 5.56 Å². The van der Waals surface area contributed by atoms with Gasteiger partial charge in [-0.2, -0.15) is 10.4 Å². The molecule has 0 saturated heterocycles. The molecule has 0 radical (unpaired) electrons. The van der Waals surface area contributed by atoms with E-state index in [1.54, 1.807) is 18.2 Å². The SMILES string of the molecule is Cc1nn(CC(O)COc2ccc(CC#N)cc2)c(=O)c2ccccc12. The minimum atomic E-state index is -0.875. The minimum Gasteiger partial charge on any atom is -0.491 e. The van der Waals surface area contributed by atoms with Gasteiger partial charge < -0.3 is 9.84 Å². The monoisotopic (exact) mass is 349 g/mol. The Morgan fingerprint density at radius 2 is 1.88 bits per heavy atom. The molecule has 0 amide bonds. The second-order valence-electron chi connectivity index (χ2n) is 6.06. The summed E-state index contributed by atoms with van der Waals surface area (Å²) in [6.07, 6.45) is -0.529. The molecule has 0 spiro atoms. The quantitative estimate of drug-likeness (QED) is 0.737. The maximum atomic E-state index is 12.5. The van der Waals surface area contributed by atoms with E-state index in [0.29, 0.717) is 17.6 Å². The molecule has 26 heavy (non-hydrogen) atoms. The summed E-state index contributed by atoms with van der Waals surface area (Å²) in [6.45, 7) is 1.93. The first-order valence-electron chi connectivity index (χ1n) is 8.31. The van der Waals surface area contributed by atoms with Gasteiger partial charge in [-0.1, -0.05) is 30.3 Å². The summed E-state index contributed by atoms with van der Waals surface area (Å²) in [5, 5.41) is 24.6. The van der Waals surface area contributed by atoms with Crippen molar-refractivity contribution in [1.29, 1.82) is 5.26 Å². The van der Waals surface area contributed by atoms with Crippen LogP contribution in [-0.2, 0) is 13.0 Å². The number of aryl methyl sites for hydroxylation is 1. The van der Waals surface area contributed by atoms with Crippen LogP contribution in [0.15, 0.2) is 53.3 Å². The number of hydrogen-bond donors (Lipinski definition) is 1. The molecule has 6 nitrogen and oxygen atoms in total. The molecule has 0 saturated carbocycles. The lowest BCUT2D eigenvalue weighted by Gasteiger charge is -2.14. The van der Waals surface area contributed by atoms with Crippen LogP contribution in [-0.4, -0.2) is 27.6 Å². The van der Waals surface area contributed by atoms with Crippen LogP contribution < -0.4 is 10.3 Å². The molecular weight excluding hydrogens is 330 g/mol. The summed E-state index contributed by atoms with van der Waals surface area (Å²) in [5.74, 6) is 0.598. The topological polar surface area (TPSA) is 88.1 Å². The highest BCUT2D eigenvalue weighted by Crippen LogP contribution is 2.14. The summed E-state index contributed by atoms with van der Waals surface area (Å²) in [6, 6.07) is 16.5. The second-order valence-corrected chi connectivity index (χ2v) is 6.06. The highest BCUT2D eigenvalue weighted by atomic mass is 16.5. The van der Waals surface area contributed by atoms with Crippen molar-refractivity contribution >= 4 is 10.8 Å². The van der Waals surface area contributed by atoms with E-state index in [-0.39, 0.29) is 18.7 Å². The summed E-state index contributed by atoms with van der Waals surface area (Å²) in [5.41, 5.74) is 1.41. The van der Waals surface area contributed by atoms with Crippen molar-refractivity contribution in [3.05, 3.63) is 70.1 Å². The normalized spacial score (nSPS) is 11.9. The maximum Gasteiger partial charge on any atom is 0.274 e. The number of nitriles is 1. The molecule has 0 aliphatic heterocycles. The van der Waals surface area contributed by atoms with Gasteiger partial charge in [0.2, 0.25) is 0 Å². The number of aliphatic hydroxyl groups is 1. The fraction of sp³-hybridized carbons (Fsp3) is 0.250. The second kappa shape index (κ2) is 7.81. The number of ether oxygens (including phenoxy) is 1. The first kappa shape index (κ1) is 17.6. The molecule has 0 fully saturated rings. The molecule has 6 heteroatoms. The smallest absolute Gasteiger partial charge is 0.274 e. The van der Waals surface area contributed by atoms with Gasteiger partial charge >= 0.3 is 0 Å². The molecule has 1 heterocycles. The molecule has 1 unspecified atom stereocenters. The van der Waals surface area contributed by atoms with Gasteiger partial charge in [0.1, 0.15) is 18.5 Å². The summed E-state index contributed by atoms with van der Waals surface area (Å²) in [7, 11) is 0. The number of aromatic nitrogens is 2. The lowest BCUT2D eigenvalue weighted by molar-refractivity contribution is 0.0880. The Kier molecular flexibility index (Phi) is 5.30. The highest BCUT2D eigenvalue weighted by molar-refractivity contribution is 5.83. The van der Waals surface area contributed by atoms with Crippen LogP contribution in [0.2, 0.25) is 0 Å². The van der Waals surface area contributed by atoms with Crippen LogP contribution in [0.5, 0.6) is 5.75 Å². The van der Waals surface area contributed by atoms with Crippen molar-refractivity contribution in [2.45, 2.75) is 26.0 Å². The Bertz CT molecular complexity index is 1000. The average molecular weight is 349 g/mol. The zero-order valence-electron chi connectivity index (χ0n) is 14.4. The Morgan fingerprint density at radius 3 is 2.58 bits per heavy atom. The van der Waals surface area contributed by atoms with E-state index in [1.807, 2.05) is 37.3 Å². The zero-order valence-corrected chi connectivity index (χ0v) is 14.4. The van der Waals surface area contributed by atoms with Gasteiger partial charge in [0, 0.05) is 5.39 Å². The summed E-state index contributed by atoms with van der Waals surface area (Å²) >= 11 is 0. The van der Waals surface area contributed by atoms with Crippen LogP contribution >= 0.6 is 0 Å². The van der Waals surface area contributed by atoms with Gasteiger partial charge in [0.15, 0.2) is 0 Å². The van der Waals surface area contributed by atoms with Crippen molar-refractivity contribution < 1.29 is 9.84 Å². The van der Waals surface area contributed by atoms with Crippen molar-refractivity contribution in [2.24, 2.45) is 0 Å². The van der Waals surface area contributed by atoms with E-state index in [9.17, 15) is 9.90 Å². The summed E-state index contributed by atoms with van der Waals surface area (Å²) in [4.78, 5) is 12.5. The molecule has 132 valence electrons. The molecule has 0 aliphatic carbocycles. The van der Waals surface area contributed by atoms with Crippen molar-refractivity contribution in [3.8, 4) is 11.8 Å². The standard InChI is InChI=1S/C20H19N3O3/c1-14-18-4-2-3-5-19(18)20(25)23(22-14)12-16(24)13-26-17-8-6-15(7-9-17)10-11-21/h2-9,16,24H,10,12-13H2,1H3. The fourth-order valence-corrected chi connectivity index (χ4v) is 2.77. The van der Waals surface area contributed by atoms with Crippen LogP contribution in [0.1, 0.15) is 11.3 Å². The molecule has 3 aromatic rings. The predicted molar refractivity (Wildman–Crippen MR) is 98.0 cm³/mol. The third-order valence-corrected chi connectivity index (χ3v) is 4.09. The Labute approximate surface area is 150 Å². The van der Waals surface area contributed by atoms with Crippen molar-refractivity contribution in [2.75, 3.05) is 6.61 Å². The minimum absolute atomic E-state index is 0.0393. The van der Waals surface area contributed by atoms with Crippen LogP contribution in [0.4, 0.5) is 0 Å². The lowest BCUT2D eigenvalue weighted by atomic mass is 10.1. The third-order valence-electron chi connectivity index (χ3n) is 4.09.